The Morgan fingerprint density at radius 2 is 1.54 bits per heavy atom. The third-order valence-corrected chi connectivity index (χ3v) is 10.8. The van der Waals surface area contributed by atoms with Crippen LogP contribution in [0.1, 0.15) is 115 Å². The van der Waals surface area contributed by atoms with Crippen LogP contribution in [0.5, 0.6) is 5.75 Å². The maximum Gasteiger partial charge on any atom is 0.191 e. The van der Waals surface area contributed by atoms with Crippen molar-refractivity contribution in [2.75, 3.05) is 0 Å². The fourth-order valence-electron chi connectivity index (χ4n) is 8.58. The molecule has 8 atom stereocenters. The minimum absolute atomic E-state index is 0.0354. The molecule has 41 heavy (non-hydrogen) atoms. The number of hydrogen-bond acceptors (Lipinski definition) is 8. The van der Waals surface area contributed by atoms with Crippen molar-refractivity contribution >= 4 is 28.9 Å². The molecule has 0 heterocycles. The van der Waals surface area contributed by atoms with Gasteiger partial charge in [0, 0.05) is 22.3 Å². The Kier molecular flexibility index (Phi) is 6.96. The van der Waals surface area contributed by atoms with E-state index in [2.05, 4.69) is 0 Å². The summed E-state index contributed by atoms with van der Waals surface area (Å²) in [5, 5.41) is 36.1. The molecule has 0 radical (unpaired) electrons. The molecule has 224 valence electrons. The topological polar surface area (TPSA) is 146 Å². The molecule has 3 aliphatic rings. The van der Waals surface area contributed by atoms with Crippen molar-refractivity contribution in [3.05, 3.63) is 28.3 Å². The van der Waals surface area contributed by atoms with Crippen LogP contribution in [0.2, 0.25) is 0 Å². The van der Waals surface area contributed by atoms with E-state index in [-0.39, 0.29) is 17.2 Å². The standard InChI is InChI=1S/C33H44O8/c1-13(2)17-12-18(30(7,8)9)24(35)21-19(17)15(5)31(10)23(26(21)37)28(39)33(41)27(38)20(16(6)34)25(36)22(14(3)4)32(33,11)29(31)40/h12-15,20,22-23,29,35,40-41H,1-11H3/t15-,20?,22?,23?,29-,31+,32+,33+/m1/s1. The first kappa shape index (κ1) is 31.2. The van der Waals surface area contributed by atoms with Crippen molar-refractivity contribution in [3.63, 3.8) is 0 Å². The van der Waals surface area contributed by atoms with Crippen molar-refractivity contribution in [1.82, 2.24) is 0 Å². The second kappa shape index (κ2) is 9.14. The smallest absolute Gasteiger partial charge is 0.191 e. The SMILES string of the molecule is CC(=O)C1C(=O)C(C(C)C)[C@@]2(C)[C@H](O)[C@]3(C)C(C(=O)c4c(O)c(C(C)(C)C)cc(C(C)C)c4[C@H]3C)C(=O)[C@@]2(O)C1=O. The van der Waals surface area contributed by atoms with Gasteiger partial charge in [-0.15, -0.1) is 0 Å². The summed E-state index contributed by atoms with van der Waals surface area (Å²) < 4.78 is 0. The number of benzene rings is 1. The fourth-order valence-corrected chi connectivity index (χ4v) is 8.58. The number of phenolic OH excluding ortho intramolecular Hbond substituents is 1. The quantitative estimate of drug-likeness (QED) is 0.463. The Labute approximate surface area is 241 Å². The molecule has 0 aromatic heterocycles. The first-order chi connectivity index (χ1) is 18.5. The average Bonchev–Trinajstić information content (AvgIpc) is 2.82. The molecule has 2 fully saturated rings. The number of hydrogen-bond donors (Lipinski definition) is 3. The zero-order valence-corrected chi connectivity index (χ0v) is 26.0. The van der Waals surface area contributed by atoms with E-state index in [1.165, 1.54) is 6.92 Å². The number of ketones is 5. The molecule has 0 saturated heterocycles. The molecule has 0 spiro atoms. The molecular weight excluding hydrogens is 524 g/mol. The van der Waals surface area contributed by atoms with E-state index in [0.29, 0.717) is 11.1 Å². The van der Waals surface area contributed by atoms with Crippen molar-refractivity contribution in [2.45, 2.75) is 105 Å². The highest BCUT2D eigenvalue weighted by molar-refractivity contribution is 6.33. The second-order valence-electron chi connectivity index (χ2n) is 14.7. The first-order valence-electron chi connectivity index (χ1n) is 14.5. The number of phenols is 1. The van der Waals surface area contributed by atoms with E-state index >= 15 is 0 Å². The Morgan fingerprint density at radius 1 is 1.00 bits per heavy atom. The van der Waals surface area contributed by atoms with Crippen LogP contribution >= 0.6 is 0 Å². The number of aliphatic hydroxyl groups excluding tert-OH is 1. The van der Waals surface area contributed by atoms with Gasteiger partial charge in [-0.05, 0) is 41.2 Å². The lowest BCUT2D eigenvalue weighted by atomic mass is 9.37. The van der Waals surface area contributed by atoms with E-state index in [4.69, 9.17) is 0 Å². The monoisotopic (exact) mass is 568 g/mol. The Hall–Kier alpha value is -2.71. The van der Waals surface area contributed by atoms with Gasteiger partial charge in [0.1, 0.15) is 17.5 Å². The summed E-state index contributed by atoms with van der Waals surface area (Å²) in [5.41, 5.74) is -5.29. The molecule has 0 amide bonds. The number of rotatable bonds is 3. The molecule has 1 aromatic carbocycles. The van der Waals surface area contributed by atoms with Crippen LogP contribution in [0.15, 0.2) is 6.07 Å². The number of carbonyl (C=O) groups is 5. The Bertz CT molecular complexity index is 1400. The molecule has 0 bridgehead atoms. The summed E-state index contributed by atoms with van der Waals surface area (Å²) in [6.45, 7) is 18.8. The van der Waals surface area contributed by atoms with E-state index in [1.807, 2.05) is 40.7 Å². The van der Waals surface area contributed by atoms with Gasteiger partial charge in [-0.3, -0.25) is 24.0 Å². The van der Waals surface area contributed by atoms with Crippen LogP contribution in [0.25, 0.3) is 0 Å². The van der Waals surface area contributed by atoms with Crippen LogP contribution in [0.4, 0.5) is 0 Å². The third-order valence-electron chi connectivity index (χ3n) is 10.8. The van der Waals surface area contributed by atoms with Crippen LogP contribution in [-0.2, 0) is 24.6 Å². The lowest BCUT2D eigenvalue weighted by Gasteiger charge is -2.65. The van der Waals surface area contributed by atoms with E-state index in [9.17, 15) is 39.3 Å². The minimum atomic E-state index is -2.97. The lowest BCUT2D eigenvalue weighted by molar-refractivity contribution is -0.240. The highest BCUT2D eigenvalue weighted by atomic mass is 16.3. The average molecular weight is 569 g/mol. The number of aromatic hydroxyl groups is 1. The van der Waals surface area contributed by atoms with E-state index in [0.717, 1.165) is 12.5 Å². The minimum Gasteiger partial charge on any atom is -0.507 e. The van der Waals surface area contributed by atoms with E-state index < -0.39 is 86.5 Å². The summed E-state index contributed by atoms with van der Waals surface area (Å²) in [4.78, 5) is 69.3. The zero-order chi connectivity index (χ0) is 31.5. The lowest BCUT2D eigenvalue weighted by Crippen LogP contribution is -2.82. The van der Waals surface area contributed by atoms with E-state index in [1.54, 1.807) is 27.7 Å². The molecule has 3 aliphatic carbocycles. The van der Waals surface area contributed by atoms with Crippen LogP contribution in [0.3, 0.4) is 0 Å². The van der Waals surface area contributed by atoms with Gasteiger partial charge in [0.05, 0.1) is 17.6 Å². The van der Waals surface area contributed by atoms with Gasteiger partial charge in [0.15, 0.2) is 28.7 Å². The highest BCUT2D eigenvalue weighted by Gasteiger charge is 2.80. The van der Waals surface area contributed by atoms with Crippen LogP contribution < -0.4 is 0 Å². The summed E-state index contributed by atoms with van der Waals surface area (Å²) >= 11 is 0. The maximum atomic E-state index is 14.6. The second-order valence-corrected chi connectivity index (χ2v) is 14.7. The Morgan fingerprint density at radius 3 is 1.98 bits per heavy atom. The van der Waals surface area contributed by atoms with Gasteiger partial charge >= 0.3 is 0 Å². The Balaban J connectivity index is 2.13. The molecule has 4 rings (SSSR count). The molecule has 8 heteroatoms. The van der Waals surface area contributed by atoms with Crippen molar-refractivity contribution in [3.8, 4) is 5.75 Å². The molecule has 2 saturated carbocycles. The molecule has 8 nitrogen and oxygen atoms in total. The normalized spacial score (nSPS) is 37.3. The summed E-state index contributed by atoms with van der Waals surface area (Å²) in [7, 11) is 0. The van der Waals surface area contributed by atoms with Gasteiger partial charge in [-0.25, -0.2) is 0 Å². The number of carbonyl (C=O) groups excluding carboxylic acids is 5. The van der Waals surface area contributed by atoms with Crippen molar-refractivity contribution < 1.29 is 39.3 Å². The molecule has 0 aliphatic heterocycles. The molecular formula is C33H44O8. The number of fused-ring (bicyclic) bond motifs is 3. The van der Waals surface area contributed by atoms with Crippen LogP contribution in [-0.4, -0.2) is 55.9 Å². The molecule has 3 N–H and O–H groups in total. The van der Waals surface area contributed by atoms with Crippen LogP contribution in [0, 0.1) is 34.5 Å². The predicted molar refractivity (Wildman–Crippen MR) is 152 cm³/mol. The maximum absolute atomic E-state index is 14.6. The molecule has 3 unspecified atom stereocenters. The molecule has 1 aromatic rings. The number of Topliss-reactive ketones (excluding diaryl/α,β-unsaturated/α-hetero) is 5. The van der Waals surface area contributed by atoms with Gasteiger partial charge < -0.3 is 15.3 Å². The van der Waals surface area contributed by atoms with Gasteiger partial charge in [-0.1, -0.05) is 75.3 Å². The summed E-state index contributed by atoms with van der Waals surface area (Å²) in [5.74, 6) is -11.1. The summed E-state index contributed by atoms with van der Waals surface area (Å²) in [6, 6.07) is 1.88. The first-order valence-corrected chi connectivity index (χ1v) is 14.5. The zero-order valence-electron chi connectivity index (χ0n) is 26.0. The highest BCUT2D eigenvalue weighted by Crippen LogP contribution is 2.67. The van der Waals surface area contributed by atoms with Crippen molar-refractivity contribution in [1.29, 1.82) is 0 Å². The fraction of sp³-hybridized carbons (Fsp3) is 0.667. The van der Waals surface area contributed by atoms with Crippen molar-refractivity contribution in [2.24, 2.45) is 34.5 Å². The summed E-state index contributed by atoms with van der Waals surface area (Å²) in [6.07, 6.45) is -1.67. The van der Waals surface area contributed by atoms with Gasteiger partial charge in [0.25, 0.3) is 0 Å². The van der Waals surface area contributed by atoms with Gasteiger partial charge in [-0.2, -0.15) is 0 Å². The largest absolute Gasteiger partial charge is 0.507 e. The number of aliphatic hydroxyl groups is 2. The third kappa shape index (κ3) is 3.56. The predicted octanol–water partition coefficient (Wildman–Crippen LogP) is 4.05. The van der Waals surface area contributed by atoms with Gasteiger partial charge in [0.2, 0.25) is 0 Å².